The van der Waals surface area contributed by atoms with E-state index in [4.69, 9.17) is 9.47 Å². The first-order valence-electron chi connectivity index (χ1n) is 11.1. The second-order valence-corrected chi connectivity index (χ2v) is 9.45. The van der Waals surface area contributed by atoms with Crippen LogP contribution in [-0.2, 0) is 14.3 Å². The molecule has 2 aliphatic heterocycles. The summed E-state index contributed by atoms with van der Waals surface area (Å²) in [7, 11) is 1.29. The summed E-state index contributed by atoms with van der Waals surface area (Å²) >= 11 is 1.13. The van der Waals surface area contributed by atoms with Crippen LogP contribution in [0.15, 0.2) is 69.6 Å². The van der Waals surface area contributed by atoms with E-state index < -0.39 is 17.6 Å². The van der Waals surface area contributed by atoms with Gasteiger partial charge in [0.1, 0.15) is 16.3 Å². The maximum atomic E-state index is 13.9. The Morgan fingerprint density at radius 1 is 1.11 bits per heavy atom. The first kappa shape index (κ1) is 22.8. The minimum Gasteiger partial charge on any atom is -0.491 e. The highest BCUT2D eigenvalue weighted by Gasteiger charge is 2.36. The number of amides is 1. The Labute approximate surface area is 204 Å². The Morgan fingerprint density at radius 3 is 2.57 bits per heavy atom. The molecule has 2 aliphatic rings. The van der Waals surface area contributed by atoms with Crippen molar-refractivity contribution in [3.63, 3.8) is 0 Å². The zero-order chi connectivity index (χ0) is 24.9. The molecule has 1 N–H and O–H groups in total. The van der Waals surface area contributed by atoms with Gasteiger partial charge in [-0.3, -0.25) is 14.2 Å². The van der Waals surface area contributed by atoms with E-state index in [0.717, 1.165) is 11.3 Å². The molecule has 0 unspecified atom stereocenters. The van der Waals surface area contributed by atoms with Crippen molar-refractivity contribution in [2.45, 2.75) is 32.9 Å². The van der Waals surface area contributed by atoms with Gasteiger partial charge < -0.3 is 14.8 Å². The summed E-state index contributed by atoms with van der Waals surface area (Å²) in [5.41, 5.74) is 2.51. The number of thiazole rings is 1. The molecule has 0 saturated heterocycles. The van der Waals surface area contributed by atoms with Crippen LogP contribution in [0.25, 0.3) is 5.57 Å². The lowest BCUT2D eigenvalue weighted by atomic mass is 9.95. The van der Waals surface area contributed by atoms with Crippen LogP contribution in [0.1, 0.15) is 37.9 Å². The third kappa shape index (κ3) is 3.68. The van der Waals surface area contributed by atoms with E-state index in [1.165, 1.54) is 11.7 Å². The lowest BCUT2D eigenvalue weighted by Crippen LogP contribution is -2.40. The molecule has 0 spiro atoms. The summed E-state index contributed by atoms with van der Waals surface area (Å²) in [5.74, 6) is -0.385. The highest BCUT2D eigenvalue weighted by Crippen LogP contribution is 2.36. The van der Waals surface area contributed by atoms with Gasteiger partial charge in [0.25, 0.3) is 11.5 Å². The molecule has 0 saturated carbocycles. The van der Waals surface area contributed by atoms with Gasteiger partial charge in [-0.1, -0.05) is 47.7 Å². The molecule has 1 atom stereocenters. The number of fused-ring (bicyclic) bond motifs is 2. The van der Waals surface area contributed by atoms with Crippen molar-refractivity contribution >= 4 is 34.5 Å². The average molecular weight is 490 g/mol. The number of ether oxygens (including phenoxy) is 2. The summed E-state index contributed by atoms with van der Waals surface area (Å²) < 4.78 is 12.8. The number of rotatable bonds is 4. The van der Waals surface area contributed by atoms with Gasteiger partial charge >= 0.3 is 5.97 Å². The maximum Gasteiger partial charge on any atom is 0.338 e. The molecule has 0 aliphatic carbocycles. The molecule has 8 nitrogen and oxygen atoms in total. The van der Waals surface area contributed by atoms with E-state index in [0.29, 0.717) is 38.6 Å². The molecule has 5 rings (SSSR count). The zero-order valence-electron chi connectivity index (χ0n) is 19.6. The summed E-state index contributed by atoms with van der Waals surface area (Å²) in [6, 6.07) is 13.7. The standard InChI is InChI=1S/C26H23N3O5S/c1-13(2)34-18-12-8-6-10-16(18)21-19(25(32)33-4)14(3)27-26-29(21)24(31)22(35-26)20-15-9-5-7-11-17(15)28-23(20)30/h5-13,21H,1-4H3,(H,28,30)/b22-20+/t21-/m1/s1. The van der Waals surface area contributed by atoms with E-state index in [1.54, 1.807) is 25.1 Å². The molecule has 1 amide bonds. The lowest BCUT2D eigenvalue weighted by molar-refractivity contribution is -0.136. The Kier molecular flexibility index (Phi) is 5.64. The minimum atomic E-state index is -0.831. The Bertz CT molecular complexity index is 1600. The molecule has 3 aromatic rings. The smallest absolute Gasteiger partial charge is 0.338 e. The molecule has 35 heavy (non-hydrogen) atoms. The molecule has 2 aromatic carbocycles. The second-order valence-electron chi connectivity index (χ2n) is 8.47. The number of allylic oxidation sites excluding steroid dienone is 1. The number of esters is 1. The fourth-order valence-electron chi connectivity index (χ4n) is 4.45. The zero-order valence-corrected chi connectivity index (χ0v) is 20.4. The number of anilines is 1. The van der Waals surface area contributed by atoms with Gasteiger partial charge in [-0.05, 0) is 32.9 Å². The summed E-state index contributed by atoms with van der Waals surface area (Å²) in [6.07, 6.45) is -0.125. The van der Waals surface area contributed by atoms with Crippen LogP contribution in [-0.4, -0.2) is 29.7 Å². The highest BCUT2D eigenvalue weighted by molar-refractivity contribution is 7.07. The molecule has 1 aromatic heterocycles. The van der Waals surface area contributed by atoms with Crippen molar-refractivity contribution in [3.8, 4) is 5.75 Å². The molecule has 0 fully saturated rings. The van der Waals surface area contributed by atoms with Crippen LogP contribution in [0, 0.1) is 0 Å². The molecule has 3 heterocycles. The van der Waals surface area contributed by atoms with Crippen molar-refractivity contribution in [2.75, 3.05) is 12.4 Å². The van der Waals surface area contributed by atoms with Crippen molar-refractivity contribution in [1.82, 2.24) is 4.57 Å². The van der Waals surface area contributed by atoms with E-state index in [2.05, 4.69) is 10.3 Å². The highest BCUT2D eigenvalue weighted by atomic mass is 32.1. The first-order valence-corrected chi connectivity index (χ1v) is 11.9. The minimum absolute atomic E-state index is 0.125. The quantitative estimate of drug-likeness (QED) is 0.568. The number of methoxy groups -OCH3 is 1. The molecular formula is C26H23N3O5S. The molecule has 9 heteroatoms. The van der Waals surface area contributed by atoms with Crippen LogP contribution in [0.3, 0.4) is 0 Å². The largest absolute Gasteiger partial charge is 0.491 e. The monoisotopic (exact) mass is 489 g/mol. The van der Waals surface area contributed by atoms with Crippen LogP contribution in [0.2, 0.25) is 0 Å². The van der Waals surface area contributed by atoms with Gasteiger partial charge in [0.05, 0.1) is 30.1 Å². The van der Waals surface area contributed by atoms with Gasteiger partial charge in [-0.15, -0.1) is 0 Å². The summed E-state index contributed by atoms with van der Waals surface area (Å²) in [4.78, 5) is 44.7. The van der Waals surface area contributed by atoms with Gasteiger partial charge in [-0.2, -0.15) is 0 Å². The normalized spacial score (nSPS) is 18.1. The number of hydrogen-bond acceptors (Lipinski definition) is 7. The van der Waals surface area contributed by atoms with Gasteiger partial charge in [0.15, 0.2) is 4.80 Å². The van der Waals surface area contributed by atoms with Crippen molar-refractivity contribution in [3.05, 3.63) is 90.6 Å². The summed E-state index contributed by atoms with van der Waals surface area (Å²) in [5, 5.41) is 2.82. The first-order chi connectivity index (χ1) is 16.8. The predicted molar refractivity (Wildman–Crippen MR) is 132 cm³/mol. The van der Waals surface area contributed by atoms with Crippen molar-refractivity contribution < 1.29 is 19.1 Å². The molecule has 178 valence electrons. The Morgan fingerprint density at radius 2 is 1.83 bits per heavy atom. The van der Waals surface area contributed by atoms with Gasteiger partial charge in [-0.25, -0.2) is 9.79 Å². The Balaban J connectivity index is 1.84. The number of nitrogens with zero attached hydrogens (tertiary/aromatic N) is 2. The summed E-state index contributed by atoms with van der Waals surface area (Å²) in [6.45, 7) is 5.52. The van der Waals surface area contributed by atoms with E-state index in [9.17, 15) is 14.4 Å². The number of carbonyl (C=O) groups excluding carboxylic acids is 2. The topological polar surface area (TPSA) is 99.0 Å². The van der Waals surface area contributed by atoms with Gasteiger partial charge in [0.2, 0.25) is 0 Å². The predicted octanol–water partition coefficient (Wildman–Crippen LogP) is 2.52. The third-order valence-corrected chi connectivity index (χ3v) is 6.93. The fraction of sp³-hybridized carbons (Fsp3) is 0.231. The SMILES string of the molecule is COC(=O)C1=C(C)N=c2s/c(=C3/C(=O)Nc4ccccc43)c(=O)n2[C@@H]1c1ccccc1OC(C)C. The fourth-order valence-corrected chi connectivity index (χ4v) is 5.59. The van der Waals surface area contributed by atoms with Gasteiger partial charge in [0, 0.05) is 16.8 Å². The van der Waals surface area contributed by atoms with Crippen LogP contribution in [0.5, 0.6) is 5.75 Å². The van der Waals surface area contributed by atoms with Crippen molar-refractivity contribution in [1.29, 1.82) is 0 Å². The van der Waals surface area contributed by atoms with Crippen LogP contribution in [0.4, 0.5) is 5.69 Å². The number of nitrogens with one attached hydrogen (secondary N) is 1. The maximum absolute atomic E-state index is 13.9. The third-order valence-electron chi connectivity index (χ3n) is 5.88. The second kappa shape index (κ2) is 8.66. The molecule has 0 radical (unpaired) electrons. The van der Waals surface area contributed by atoms with Crippen molar-refractivity contribution in [2.24, 2.45) is 4.99 Å². The number of para-hydroxylation sites is 2. The van der Waals surface area contributed by atoms with Crippen LogP contribution >= 0.6 is 11.3 Å². The average Bonchev–Trinajstić information content (AvgIpc) is 3.32. The number of carbonyl (C=O) groups is 2. The van der Waals surface area contributed by atoms with E-state index in [1.807, 2.05) is 44.2 Å². The van der Waals surface area contributed by atoms with E-state index >= 15 is 0 Å². The van der Waals surface area contributed by atoms with E-state index in [-0.39, 0.29) is 22.1 Å². The number of hydrogen-bond donors (Lipinski definition) is 1. The van der Waals surface area contributed by atoms with Crippen LogP contribution < -0.4 is 24.9 Å². The number of benzene rings is 2. The Hall–Kier alpha value is -3.98. The molecule has 0 bridgehead atoms. The molecular weight excluding hydrogens is 466 g/mol. The number of aromatic nitrogens is 1. The lowest BCUT2D eigenvalue weighted by Gasteiger charge is -2.26.